The molecule has 1 saturated carbocycles. The van der Waals surface area contributed by atoms with Gasteiger partial charge in [-0.1, -0.05) is 26.7 Å². The lowest BCUT2D eigenvalue weighted by atomic mass is 9.78. The maximum Gasteiger partial charge on any atom is 0.233 e. The number of hydrogen-bond acceptors (Lipinski definition) is 2. The third-order valence-corrected chi connectivity index (χ3v) is 4.40. The summed E-state index contributed by atoms with van der Waals surface area (Å²) in [7, 11) is 0. The minimum atomic E-state index is -0.347. The van der Waals surface area contributed by atoms with Gasteiger partial charge in [0.2, 0.25) is 11.8 Å². The maximum absolute atomic E-state index is 11.9. The Bertz CT molecular complexity index is 311. The third-order valence-electron chi connectivity index (χ3n) is 4.40. The van der Waals surface area contributed by atoms with Gasteiger partial charge in [-0.05, 0) is 31.1 Å². The van der Waals surface area contributed by atoms with Gasteiger partial charge in [0.1, 0.15) is 0 Å². The second-order valence-electron chi connectivity index (χ2n) is 5.77. The Kier molecular flexibility index (Phi) is 3.04. The first-order valence-electron chi connectivity index (χ1n) is 6.38. The fourth-order valence-electron chi connectivity index (χ4n) is 3.20. The monoisotopic (exact) mass is 223 g/mol. The maximum atomic E-state index is 11.9. The summed E-state index contributed by atoms with van der Waals surface area (Å²) >= 11 is 0. The highest BCUT2D eigenvalue weighted by molar-refractivity contribution is 6.05. The van der Waals surface area contributed by atoms with Gasteiger partial charge in [-0.3, -0.25) is 14.9 Å². The normalized spacial score (nSPS) is 35.6. The van der Waals surface area contributed by atoms with Crippen LogP contribution < -0.4 is 5.32 Å². The van der Waals surface area contributed by atoms with Gasteiger partial charge in [0.15, 0.2) is 0 Å². The summed E-state index contributed by atoms with van der Waals surface area (Å²) in [4.78, 5) is 23.2. The fourth-order valence-corrected chi connectivity index (χ4v) is 3.20. The van der Waals surface area contributed by atoms with E-state index >= 15 is 0 Å². The Morgan fingerprint density at radius 3 is 2.56 bits per heavy atom. The molecule has 2 unspecified atom stereocenters. The average Bonchev–Trinajstić information content (AvgIpc) is 2.37. The molecule has 0 aromatic heterocycles. The largest absolute Gasteiger partial charge is 0.296 e. The van der Waals surface area contributed by atoms with Crippen molar-refractivity contribution in [2.24, 2.45) is 17.3 Å². The number of carbonyl (C=O) groups is 2. The van der Waals surface area contributed by atoms with Crippen molar-refractivity contribution in [3.8, 4) is 0 Å². The van der Waals surface area contributed by atoms with Crippen molar-refractivity contribution in [1.82, 2.24) is 5.32 Å². The minimum absolute atomic E-state index is 0.0121. The molecule has 0 bridgehead atoms. The number of hydrogen-bond donors (Lipinski definition) is 1. The van der Waals surface area contributed by atoms with Crippen LogP contribution in [0.2, 0.25) is 0 Å². The molecule has 2 amide bonds. The van der Waals surface area contributed by atoms with Gasteiger partial charge in [0, 0.05) is 6.42 Å². The highest BCUT2D eigenvalue weighted by atomic mass is 16.2. The van der Waals surface area contributed by atoms with Gasteiger partial charge >= 0.3 is 0 Å². The lowest BCUT2D eigenvalue weighted by molar-refractivity contribution is -0.129. The quantitative estimate of drug-likeness (QED) is 0.693. The van der Waals surface area contributed by atoms with Crippen molar-refractivity contribution < 1.29 is 9.59 Å². The van der Waals surface area contributed by atoms with Crippen molar-refractivity contribution in [2.45, 2.75) is 52.4 Å². The molecule has 1 aliphatic heterocycles. The zero-order valence-electron chi connectivity index (χ0n) is 10.2. The van der Waals surface area contributed by atoms with Crippen LogP contribution >= 0.6 is 0 Å². The lowest BCUT2D eigenvalue weighted by Gasteiger charge is -2.23. The Hall–Kier alpha value is -0.860. The fraction of sp³-hybridized carbons (Fsp3) is 0.846. The number of rotatable bonds is 1. The van der Waals surface area contributed by atoms with Crippen LogP contribution in [0.5, 0.6) is 0 Å². The van der Waals surface area contributed by atoms with E-state index in [9.17, 15) is 9.59 Å². The van der Waals surface area contributed by atoms with E-state index in [0.717, 1.165) is 31.6 Å². The van der Waals surface area contributed by atoms with Crippen LogP contribution in [0.1, 0.15) is 52.4 Å². The van der Waals surface area contributed by atoms with E-state index in [0.29, 0.717) is 12.3 Å². The summed E-state index contributed by atoms with van der Waals surface area (Å²) in [6.07, 6.45) is 5.61. The third kappa shape index (κ3) is 2.00. The van der Waals surface area contributed by atoms with E-state index < -0.39 is 0 Å². The molecule has 0 aromatic rings. The van der Waals surface area contributed by atoms with Crippen LogP contribution in [0, 0.1) is 17.3 Å². The highest BCUT2D eigenvalue weighted by Gasteiger charge is 2.47. The molecule has 1 saturated heterocycles. The minimum Gasteiger partial charge on any atom is -0.296 e. The molecule has 1 heterocycles. The van der Waals surface area contributed by atoms with E-state index in [4.69, 9.17) is 0 Å². The smallest absolute Gasteiger partial charge is 0.233 e. The molecule has 2 aliphatic rings. The van der Waals surface area contributed by atoms with Gasteiger partial charge < -0.3 is 0 Å². The first-order valence-corrected chi connectivity index (χ1v) is 6.38. The van der Waals surface area contributed by atoms with E-state index in [2.05, 4.69) is 19.2 Å². The van der Waals surface area contributed by atoms with Crippen molar-refractivity contribution in [1.29, 1.82) is 0 Å². The van der Waals surface area contributed by atoms with E-state index in [1.54, 1.807) is 0 Å². The molecule has 3 heteroatoms. The highest BCUT2D eigenvalue weighted by Crippen LogP contribution is 2.43. The van der Waals surface area contributed by atoms with Gasteiger partial charge in [0.25, 0.3) is 0 Å². The molecule has 0 radical (unpaired) electrons. The Balaban J connectivity index is 2.08. The summed E-state index contributed by atoms with van der Waals surface area (Å²) in [5.41, 5.74) is -0.347. The molecule has 1 N–H and O–H groups in total. The van der Waals surface area contributed by atoms with Gasteiger partial charge in [-0.2, -0.15) is 0 Å². The predicted octanol–water partition coefficient (Wildman–Crippen LogP) is 2.26. The number of nitrogens with one attached hydrogen (secondary N) is 1. The summed E-state index contributed by atoms with van der Waals surface area (Å²) < 4.78 is 0. The van der Waals surface area contributed by atoms with Crippen molar-refractivity contribution >= 4 is 11.8 Å². The summed E-state index contributed by atoms with van der Waals surface area (Å²) in [6.45, 7) is 4.51. The van der Waals surface area contributed by atoms with Gasteiger partial charge in [-0.25, -0.2) is 0 Å². The van der Waals surface area contributed by atoms with Crippen LogP contribution in [-0.2, 0) is 9.59 Å². The molecule has 2 fully saturated rings. The molecule has 16 heavy (non-hydrogen) atoms. The Morgan fingerprint density at radius 2 is 2.00 bits per heavy atom. The average molecular weight is 223 g/mol. The zero-order valence-corrected chi connectivity index (χ0v) is 10.2. The standard InChI is InChI=1S/C13H21NO2/c1-9(2)10-4-3-6-13(7-5-10)8-11(15)14-12(13)16/h9-10H,3-8H2,1-2H3,(H,14,15,16). The Labute approximate surface area is 97.0 Å². The van der Waals surface area contributed by atoms with E-state index in [1.165, 1.54) is 6.42 Å². The zero-order chi connectivity index (χ0) is 11.8. The molecule has 1 aliphatic carbocycles. The summed E-state index contributed by atoms with van der Waals surface area (Å²) in [5, 5.41) is 2.47. The van der Waals surface area contributed by atoms with Crippen molar-refractivity contribution in [3.05, 3.63) is 0 Å². The van der Waals surface area contributed by atoms with Crippen molar-refractivity contribution in [2.75, 3.05) is 0 Å². The lowest BCUT2D eigenvalue weighted by Crippen LogP contribution is -2.31. The van der Waals surface area contributed by atoms with Crippen LogP contribution in [0.4, 0.5) is 0 Å². The van der Waals surface area contributed by atoms with Crippen LogP contribution in [0.3, 0.4) is 0 Å². The first kappa shape index (κ1) is 11.6. The number of amides is 2. The molecule has 1 spiro atoms. The first-order chi connectivity index (χ1) is 7.53. The predicted molar refractivity (Wildman–Crippen MR) is 61.6 cm³/mol. The summed E-state index contributed by atoms with van der Waals surface area (Å²) in [6, 6.07) is 0. The van der Waals surface area contributed by atoms with Crippen LogP contribution in [0.25, 0.3) is 0 Å². The molecule has 90 valence electrons. The van der Waals surface area contributed by atoms with Crippen LogP contribution in [0.15, 0.2) is 0 Å². The van der Waals surface area contributed by atoms with Crippen molar-refractivity contribution in [3.63, 3.8) is 0 Å². The molecule has 3 nitrogen and oxygen atoms in total. The number of imide groups is 1. The molecular formula is C13H21NO2. The SMILES string of the molecule is CC(C)C1CCCC2(CC1)CC(=O)NC2=O. The topological polar surface area (TPSA) is 46.2 Å². The van der Waals surface area contributed by atoms with E-state index in [1.807, 2.05) is 0 Å². The van der Waals surface area contributed by atoms with E-state index in [-0.39, 0.29) is 17.2 Å². The molecule has 0 aromatic carbocycles. The van der Waals surface area contributed by atoms with Crippen LogP contribution in [-0.4, -0.2) is 11.8 Å². The van der Waals surface area contributed by atoms with Gasteiger partial charge in [-0.15, -0.1) is 0 Å². The second kappa shape index (κ2) is 4.19. The Morgan fingerprint density at radius 1 is 1.25 bits per heavy atom. The number of carbonyl (C=O) groups excluding carboxylic acids is 2. The second-order valence-corrected chi connectivity index (χ2v) is 5.77. The summed E-state index contributed by atoms with van der Waals surface area (Å²) in [5.74, 6) is 1.33. The van der Waals surface area contributed by atoms with Gasteiger partial charge in [0.05, 0.1) is 5.41 Å². The molecular weight excluding hydrogens is 202 g/mol. The molecule has 2 rings (SSSR count). The molecule has 2 atom stereocenters.